The van der Waals surface area contributed by atoms with Gasteiger partial charge in [0, 0.05) is 7.11 Å². The van der Waals surface area contributed by atoms with E-state index in [1.807, 2.05) is 0 Å². The maximum absolute atomic E-state index is 10.5. The van der Waals surface area contributed by atoms with Crippen molar-refractivity contribution in [2.75, 3.05) is 39.3 Å². The van der Waals surface area contributed by atoms with E-state index < -0.39 is 65.3 Å². The van der Waals surface area contributed by atoms with E-state index in [1.54, 1.807) is 0 Å². The molecule has 0 radical (unpaired) electrons. The van der Waals surface area contributed by atoms with Gasteiger partial charge in [-0.15, -0.1) is 0 Å². The number of carbonyl (C=O) groups excluding carboxylic acids is 2. The van der Waals surface area contributed by atoms with Gasteiger partial charge < -0.3 is 40.0 Å². The van der Waals surface area contributed by atoms with Crippen LogP contribution in [0.3, 0.4) is 0 Å². The van der Waals surface area contributed by atoms with Gasteiger partial charge in [-0.05, 0) is 0 Å². The van der Waals surface area contributed by atoms with E-state index in [9.17, 15) is 23.5 Å². The average Bonchev–Trinajstić information content (AvgIpc) is 2.45. The number of carboxylic acids is 3. The second-order valence-electron chi connectivity index (χ2n) is 4.31. The number of aliphatic hydroxyl groups excluding tert-OH is 1. The van der Waals surface area contributed by atoms with Gasteiger partial charge in [0.05, 0.1) is 25.9 Å². The maximum atomic E-state index is 10.5. The molecule has 0 heterocycles. The zero-order valence-electron chi connectivity index (χ0n) is 14.8. The molecule has 0 unspecified atom stereocenters. The van der Waals surface area contributed by atoms with Crippen LogP contribution in [0.4, 0.5) is 0 Å². The number of nitrogens with zero attached hydrogens (tertiary/aromatic N) is 1. The molecule has 0 fully saturated rings. The Morgan fingerprint density at radius 1 is 0.758 bits per heavy atom. The standard InChI is InChI=1S/C5H10NO7P.C3H8NO5P.CO2.CH4O.4CH4/c7-4(8)1-6(2-5(9)10)3-14(11,12)13;5-3(6)1-4-2-10(7,8)9;2-1-3;1-2;;;;/h1-3H2,(H,7,8)(H,9,10)(H2,11,12,13);4H,1-2H2,(H,5,6)(H2,7,8,9);;2H,1H3;4*1H4. The van der Waals surface area contributed by atoms with E-state index in [4.69, 9.17) is 49.6 Å². The first-order chi connectivity index (χ1) is 13.0. The number of carbonyl (C=O) groups is 3. The Balaban J connectivity index is -0.0000000489. The van der Waals surface area contributed by atoms with Crippen LogP contribution in [0, 0.1) is 0 Å². The zero-order chi connectivity index (χ0) is 24.3. The minimum absolute atomic E-state index is 0. The minimum atomic E-state index is -4.44. The van der Waals surface area contributed by atoms with Gasteiger partial charge in [0.2, 0.25) is 0 Å². The van der Waals surface area contributed by atoms with Crippen molar-refractivity contribution in [1.82, 2.24) is 10.2 Å². The molecule has 0 bridgehead atoms. The van der Waals surface area contributed by atoms with Gasteiger partial charge in [0.1, 0.15) is 6.29 Å². The molecular weight excluding hydrogens is 498 g/mol. The van der Waals surface area contributed by atoms with Crippen LogP contribution < -0.4 is 5.32 Å². The number of rotatable bonds is 10. The molecule has 0 aromatic carbocycles. The summed E-state index contributed by atoms with van der Waals surface area (Å²) in [6.45, 7) is -1.89. The third-order valence-corrected chi connectivity index (χ3v) is 3.10. The summed E-state index contributed by atoms with van der Waals surface area (Å²) in [4.78, 5) is 80.4. The molecule has 0 saturated heterocycles. The number of nitrogens with one attached hydrogen (secondary N) is 1. The summed E-state index contributed by atoms with van der Waals surface area (Å²) in [5, 5.41) is 33.7. The highest BCUT2D eigenvalue weighted by Crippen LogP contribution is 2.34. The highest BCUT2D eigenvalue weighted by atomic mass is 31.2. The van der Waals surface area contributed by atoms with Crippen molar-refractivity contribution in [1.29, 1.82) is 0 Å². The number of aliphatic hydroxyl groups is 1. The third kappa shape index (κ3) is 72.6. The van der Waals surface area contributed by atoms with Crippen LogP contribution in [0.25, 0.3) is 0 Å². The van der Waals surface area contributed by atoms with Crippen LogP contribution in [0.1, 0.15) is 29.7 Å². The number of carboxylic acid groups (broad SMARTS) is 3. The van der Waals surface area contributed by atoms with Crippen molar-refractivity contribution in [3.63, 3.8) is 0 Å². The first kappa shape index (κ1) is 52.7. The van der Waals surface area contributed by atoms with Crippen molar-refractivity contribution in [3.8, 4) is 0 Å². The van der Waals surface area contributed by atoms with Crippen molar-refractivity contribution in [2.24, 2.45) is 0 Å². The van der Waals surface area contributed by atoms with Crippen LogP contribution >= 0.6 is 15.2 Å². The lowest BCUT2D eigenvalue weighted by molar-refractivity contribution is -0.191. The fourth-order valence-corrected chi connectivity index (χ4v) is 2.23. The van der Waals surface area contributed by atoms with Gasteiger partial charge in [0.15, 0.2) is 0 Å². The first-order valence-electron chi connectivity index (χ1n) is 6.65. The molecule has 0 aliphatic carbocycles. The molecular formula is C14H38N2O15P2. The molecule has 0 aliphatic rings. The van der Waals surface area contributed by atoms with Crippen LogP contribution in [0.5, 0.6) is 0 Å². The summed E-state index contributed by atoms with van der Waals surface area (Å²) in [6, 6.07) is 0. The fraction of sp³-hybridized carbons (Fsp3) is 0.714. The average molecular weight is 536 g/mol. The zero-order valence-corrected chi connectivity index (χ0v) is 16.6. The van der Waals surface area contributed by atoms with E-state index in [1.165, 1.54) is 0 Å². The molecule has 17 nitrogen and oxygen atoms in total. The largest absolute Gasteiger partial charge is 0.480 e. The molecule has 0 aromatic heterocycles. The van der Waals surface area contributed by atoms with Gasteiger partial charge >= 0.3 is 39.3 Å². The number of hydrogen-bond acceptors (Lipinski definition) is 10. The molecule has 204 valence electrons. The monoisotopic (exact) mass is 536 g/mol. The van der Waals surface area contributed by atoms with Gasteiger partial charge in [-0.2, -0.15) is 9.59 Å². The fourth-order valence-electron chi connectivity index (χ4n) is 1.11. The molecule has 0 aliphatic heterocycles. The molecule has 9 N–H and O–H groups in total. The van der Waals surface area contributed by atoms with Gasteiger partial charge in [0.25, 0.3) is 0 Å². The van der Waals surface area contributed by atoms with E-state index in [0.29, 0.717) is 4.90 Å². The summed E-state index contributed by atoms with van der Waals surface area (Å²) in [6.07, 6.45) is -1.23. The van der Waals surface area contributed by atoms with Crippen LogP contribution in [0.2, 0.25) is 0 Å². The Morgan fingerprint density at radius 3 is 1.24 bits per heavy atom. The Labute approximate surface area is 192 Å². The first-order valence-corrected chi connectivity index (χ1v) is 10.2. The maximum Gasteiger partial charge on any atom is 0.373 e. The van der Waals surface area contributed by atoms with E-state index in [0.717, 1.165) is 7.11 Å². The predicted molar refractivity (Wildman–Crippen MR) is 116 cm³/mol. The lowest BCUT2D eigenvalue weighted by atomic mass is 10.5. The van der Waals surface area contributed by atoms with Crippen molar-refractivity contribution < 1.29 is 73.1 Å². The second kappa shape index (κ2) is 30.0. The minimum Gasteiger partial charge on any atom is -0.480 e. The highest BCUT2D eigenvalue weighted by Gasteiger charge is 2.22. The topological polar surface area (TPSA) is 297 Å². The van der Waals surface area contributed by atoms with Crippen molar-refractivity contribution >= 4 is 39.3 Å². The summed E-state index contributed by atoms with van der Waals surface area (Å²) in [5.41, 5.74) is 0. The predicted octanol–water partition coefficient (Wildman–Crippen LogP) is -1.04. The summed E-state index contributed by atoms with van der Waals surface area (Å²) in [7, 11) is -7.53. The number of aliphatic carboxylic acids is 3. The van der Waals surface area contributed by atoms with E-state index in [2.05, 4.69) is 5.32 Å². The molecule has 0 atom stereocenters. The van der Waals surface area contributed by atoms with Gasteiger partial charge in [-0.3, -0.25) is 33.7 Å². The summed E-state index contributed by atoms with van der Waals surface area (Å²) in [5.74, 6) is -3.84. The Bertz CT molecular complexity index is 596. The third-order valence-electron chi connectivity index (χ3n) is 1.70. The normalized spacial score (nSPS) is 8.82. The van der Waals surface area contributed by atoms with Gasteiger partial charge in [-0.1, -0.05) is 29.7 Å². The Morgan fingerprint density at radius 2 is 1.06 bits per heavy atom. The molecule has 0 spiro atoms. The van der Waals surface area contributed by atoms with Crippen molar-refractivity contribution in [2.45, 2.75) is 29.7 Å². The molecule has 0 saturated carbocycles. The molecule has 33 heavy (non-hydrogen) atoms. The van der Waals surface area contributed by atoms with Crippen LogP contribution in [-0.2, 0) is 33.1 Å². The second-order valence-corrected chi connectivity index (χ2v) is 7.57. The number of hydrogen-bond donors (Lipinski definition) is 9. The van der Waals surface area contributed by atoms with Gasteiger partial charge in [-0.25, -0.2) is 0 Å². The lowest BCUT2D eigenvalue weighted by Gasteiger charge is -2.17. The Kier molecular flexibility index (Phi) is 47.9. The Hall–Kier alpha value is -2.03. The van der Waals surface area contributed by atoms with Crippen LogP contribution in [0.15, 0.2) is 0 Å². The highest BCUT2D eigenvalue weighted by molar-refractivity contribution is 7.51. The summed E-state index contributed by atoms with van der Waals surface area (Å²) >= 11 is 0. The molecule has 0 amide bonds. The van der Waals surface area contributed by atoms with Crippen molar-refractivity contribution in [3.05, 3.63) is 0 Å². The lowest BCUT2D eigenvalue weighted by Crippen LogP contribution is -2.35. The smallest absolute Gasteiger partial charge is 0.373 e. The van der Waals surface area contributed by atoms with E-state index >= 15 is 0 Å². The SMILES string of the molecule is C.C.C.C.CO.O=C(O)CN(CC(=O)O)CP(=O)(O)O.O=C(O)CNCP(=O)(O)O.O=C=O. The van der Waals surface area contributed by atoms with E-state index in [-0.39, 0.29) is 35.9 Å². The quantitative estimate of drug-likeness (QED) is 0.150. The van der Waals surface area contributed by atoms with Crippen LogP contribution in [-0.4, -0.2) is 108 Å². The molecule has 0 rings (SSSR count). The molecule has 19 heteroatoms. The summed E-state index contributed by atoms with van der Waals surface area (Å²) < 4.78 is 20.5. The molecule has 0 aromatic rings.